The van der Waals surface area contributed by atoms with E-state index in [1.165, 1.54) is 16.7 Å². The number of benzene rings is 2. The van der Waals surface area contributed by atoms with E-state index in [0.29, 0.717) is 31.4 Å². The summed E-state index contributed by atoms with van der Waals surface area (Å²) in [5, 5.41) is 23.4. The lowest BCUT2D eigenvalue weighted by molar-refractivity contribution is -0.214. The normalized spacial score (nSPS) is 32.7. The average Bonchev–Trinajstić information content (AvgIpc) is 3.18. The van der Waals surface area contributed by atoms with E-state index in [-0.39, 0.29) is 29.8 Å². The molecule has 5 atom stereocenters. The molecule has 2 aliphatic heterocycles. The summed E-state index contributed by atoms with van der Waals surface area (Å²) in [6.07, 6.45) is 3.81. The number of hydrogen-bond acceptors (Lipinski definition) is 5. The molecule has 1 saturated carbocycles. The molecule has 6 nitrogen and oxygen atoms in total. The second-order valence-corrected chi connectivity index (χ2v) is 11.3. The van der Waals surface area contributed by atoms with Gasteiger partial charge in [-0.15, -0.1) is 0 Å². The first-order valence-corrected chi connectivity index (χ1v) is 12.9. The van der Waals surface area contributed by atoms with Crippen molar-refractivity contribution in [2.45, 2.75) is 81.6 Å². The van der Waals surface area contributed by atoms with Crippen LogP contribution in [0.1, 0.15) is 53.5 Å². The van der Waals surface area contributed by atoms with Gasteiger partial charge in [0.25, 0.3) is 0 Å². The summed E-state index contributed by atoms with van der Waals surface area (Å²) >= 11 is 0. The van der Waals surface area contributed by atoms with Gasteiger partial charge in [0.05, 0.1) is 11.5 Å². The van der Waals surface area contributed by atoms with Gasteiger partial charge in [0.1, 0.15) is 11.7 Å². The van der Waals surface area contributed by atoms with Crippen molar-refractivity contribution in [1.82, 2.24) is 9.80 Å². The second kappa shape index (κ2) is 7.71. The lowest BCUT2D eigenvalue weighted by atomic mass is 9.47. The van der Waals surface area contributed by atoms with E-state index in [9.17, 15) is 15.0 Å². The van der Waals surface area contributed by atoms with E-state index in [1.807, 2.05) is 18.0 Å². The van der Waals surface area contributed by atoms with Crippen molar-refractivity contribution < 1.29 is 19.7 Å². The first-order chi connectivity index (χ1) is 16.7. The lowest BCUT2D eigenvalue weighted by Gasteiger charge is -2.66. The number of piperidine rings is 1. The highest BCUT2D eigenvalue weighted by Gasteiger charge is 2.74. The molecule has 0 aromatic heterocycles. The average molecular weight is 477 g/mol. The van der Waals surface area contributed by atoms with Crippen LogP contribution in [0.5, 0.6) is 11.5 Å². The van der Waals surface area contributed by atoms with Gasteiger partial charge in [0.2, 0.25) is 5.91 Å². The molecule has 2 unspecified atom stereocenters. The third kappa shape index (κ3) is 2.93. The van der Waals surface area contributed by atoms with Crippen LogP contribution in [0.15, 0.2) is 30.3 Å². The molecule has 35 heavy (non-hydrogen) atoms. The quantitative estimate of drug-likeness (QED) is 0.709. The van der Waals surface area contributed by atoms with Crippen LogP contribution in [0.4, 0.5) is 0 Å². The molecule has 6 heteroatoms. The SMILES string of the molecule is Cc1ccc(CCC(=O)N(C)C2CCC3Oc4c(O)ccc5c4[C@@]34CCN(C)[C@H](C5)[C@]24O)cc1C. The zero-order valence-electron chi connectivity index (χ0n) is 21.2. The first kappa shape index (κ1) is 22.9. The Bertz CT molecular complexity index is 1210. The topological polar surface area (TPSA) is 73.2 Å². The number of nitrogens with zero attached hydrogens (tertiary/aromatic N) is 2. The Kier molecular flexibility index (Phi) is 5.04. The molecule has 2 aromatic rings. The molecule has 2 N–H and O–H groups in total. The highest BCUT2D eigenvalue weighted by molar-refractivity contribution is 5.77. The Balaban J connectivity index is 1.35. The predicted molar refractivity (Wildman–Crippen MR) is 134 cm³/mol. The van der Waals surface area contributed by atoms with E-state index in [2.05, 4.69) is 44.0 Å². The summed E-state index contributed by atoms with van der Waals surface area (Å²) in [5.74, 6) is 0.776. The van der Waals surface area contributed by atoms with Crippen LogP contribution in [-0.2, 0) is 23.1 Å². The predicted octanol–water partition coefficient (Wildman–Crippen LogP) is 3.25. The third-order valence-corrected chi connectivity index (χ3v) is 9.78. The molecule has 2 aromatic carbocycles. The molecule has 4 aliphatic rings. The van der Waals surface area contributed by atoms with E-state index in [4.69, 9.17) is 4.74 Å². The Hall–Kier alpha value is -2.57. The number of amides is 1. The Labute approximate surface area is 207 Å². The molecule has 2 bridgehead atoms. The summed E-state index contributed by atoms with van der Waals surface area (Å²) in [6, 6.07) is 9.70. The van der Waals surface area contributed by atoms with E-state index >= 15 is 0 Å². The fraction of sp³-hybridized carbons (Fsp3) is 0.552. The molecular weight excluding hydrogens is 440 g/mol. The largest absolute Gasteiger partial charge is 0.504 e. The van der Waals surface area contributed by atoms with Crippen LogP contribution in [-0.4, -0.2) is 70.3 Å². The van der Waals surface area contributed by atoms with Gasteiger partial charge in [-0.2, -0.15) is 0 Å². The number of carbonyl (C=O) groups is 1. The van der Waals surface area contributed by atoms with Crippen LogP contribution >= 0.6 is 0 Å². The molecule has 2 fully saturated rings. The minimum atomic E-state index is -1.14. The molecule has 0 radical (unpaired) electrons. The number of aromatic hydroxyl groups is 1. The molecule has 1 amide bonds. The van der Waals surface area contributed by atoms with Gasteiger partial charge in [-0.25, -0.2) is 0 Å². The van der Waals surface area contributed by atoms with Gasteiger partial charge < -0.3 is 24.7 Å². The summed E-state index contributed by atoms with van der Waals surface area (Å²) < 4.78 is 6.39. The van der Waals surface area contributed by atoms with Crippen LogP contribution in [0.2, 0.25) is 0 Å². The maximum absolute atomic E-state index is 13.5. The summed E-state index contributed by atoms with van der Waals surface area (Å²) in [6.45, 7) is 5.06. The van der Waals surface area contributed by atoms with Crippen LogP contribution < -0.4 is 4.74 Å². The number of hydrogen-bond donors (Lipinski definition) is 2. The molecule has 1 spiro atoms. The fourth-order valence-corrected chi connectivity index (χ4v) is 7.80. The van der Waals surface area contributed by atoms with Gasteiger partial charge in [0.15, 0.2) is 11.5 Å². The Morgan fingerprint density at radius 2 is 2.00 bits per heavy atom. The Morgan fingerprint density at radius 3 is 2.77 bits per heavy atom. The van der Waals surface area contributed by atoms with Crippen molar-refractivity contribution in [2.24, 2.45) is 0 Å². The molecule has 1 saturated heterocycles. The fourth-order valence-electron chi connectivity index (χ4n) is 7.80. The zero-order valence-corrected chi connectivity index (χ0v) is 21.2. The number of carbonyl (C=O) groups excluding carboxylic acids is 1. The van der Waals surface area contributed by atoms with E-state index in [0.717, 1.165) is 30.5 Å². The number of aryl methyl sites for hydroxylation is 3. The van der Waals surface area contributed by atoms with Gasteiger partial charge in [0, 0.05) is 25.1 Å². The molecular formula is C29H36N2O4. The van der Waals surface area contributed by atoms with Gasteiger partial charge in [-0.05, 0) is 87.9 Å². The van der Waals surface area contributed by atoms with Crippen LogP contribution in [0, 0.1) is 13.8 Å². The van der Waals surface area contributed by atoms with Crippen LogP contribution in [0.3, 0.4) is 0 Å². The number of rotatable bonds is 4. The number of likely N-dealkylation sites (N-methyl/N-ethyl adjacent to an activating group) is 2. The highest BCUT2D eigenvalue weighted by atomic mass is 16.5. The first-order valence-electron chi connectivity index (χ1n) is 12.9. The van der Waals surface area contributed by atoms with Gasteiger partial charge in [-0.3, -0.25) is 4.79 Å². The summed E-state index contributed by atoms with van der Waals surface area (Å²) in [5.41, 5.74) is 4.08. The number of ether oxygens (including phenoxy) is 1. The zero-order chi connectivity index (χ0) is 24.7. The highest BCUT2D eigenvalue weighted by Crippen LogP contribution is 2.65. The number of likely N-dealkylation sites (tertiary alicyclic amines) is 1. The van der Waals surface area contributed by atoms with E-state index in [1.54, 1.807) is 6.07 Å². The molecule has 186 valence electrons. The maximum atomic E-state index is 13.5. The summed E-state index contributed by atoms with van der Waals surface area (Å²) in [4.78, 5) is 17.6. The van der Waals surface area contributed by atoms with Crippen molar-refractivity contribution in [3.05, 3.63) is 58.1 Å². The molecule has 6 rings (SSSR count). The lowest BCUT2D eigenvalue weighted by Crippen LogP contribution is -2.81. The number of aliphatic hydroxyl groups is 1. The summed E-state index contributed by atoms with van der Waals surface area (Å²) in [7, 11) is 3.95. The monoisotopic (exact) mass is 476 g/mol. The van der Waals surface area contributed by atoms with Gasteiger partial charge >= 0.3 is 0 Å². The standard InChI is InChI=1S/C29H36N2O4/c1-17-5-6-19(15-18(17)2)7-12-25(33)31(4)22-10-11-24-28-13-14-30(3)23(29(22,28)34)16-20-8-9-21(32)27(35-24)26(20)28/h5-6,8-9,15,22-24,32,34H,7,10-14,16H2,1-4H3/t22?,23-,24?,28-,29-/m1/s1. The minimum Gasteiger partial charge on any atom is -0.504 e. The van der Waals surface area contributed by atoms with Crippen molar-refractivity contribution in [1.29, 1.82) is 0 Å². The smallest absolute Gasteiger partial charge is 0.222 e. The van der Waals surface area contributed by atoms with Crippen molar-refractivity contribution in [2.75, 3.05) is 20.6 Å². The number of phenolic OH excluding ortho intramolecular Hbond substituents is 1. The van der Waals surface area contributed by atoms with E-state index < -0.39 is 11.0 Å². The molecule has 2 aliphatic carbocycles. The van der Waals surface area contributed by atoms with Crippen LogP contribution in [0.25, 0.3) is 0 Å². The second-order valence-electron chi connectivity index (χ2n) is 11.3. The third-order valence-electron chi connectivity index (χ3n) is 9.78. The van der Waals surface area contributed by atoms with Crippen molar-refractivity contribution in [3.63, 3.8) is 0 Å². The minimum absolute atomic E-state index is 0.0677. The Morgan fingerprint density at radius 1 is 1.20 bits per heavy atom. The molecule has 2 heterocycles. The van der Waals surface area contributed by atoms with Crippen molar-refractivity contribution in [3.8, 4) is 11.5 Å². The van der Waals surface area contributed by atoms with Gasteiger partial charge in [-0.1, -0.05) is 24.3 Å². The van der Waals surface area contributed by atoms with Crippen molar-refractivity contribution >= 4 is 5.91 Å². The maximum Gasteiger partial charge on any atom is 0.222 e. The number of phenols is 1.